The first-order valence-electron chi connectivity index (χ1n) is 5.73. The number of aromatic nitrogens is 3. The molecule has 0 saturated carbocycles. The number of hydrogen-bond acceptors (Lipinski definition) is 3. The lowest BCUT2D eigenvalue weighted by molar-refractivity contribution is -0.140. The molecule has 0 bridgehead atoms. The van der Waals surface area contributed by atoms with Gasteiger partial charge in [0.25, 0.3) is 0 Å². The van der Waals surface area contributed by atoms with Crippen LogP contribution in [0, 0.1) is 5.82 Å². The minimum absolute atomic E-state index is 0.0293. The number of benzene rings is 1. The van der Waals surface area contributed by atoms with Crippen LogP contribution in [0.4, 0.5) is 4.39 Å². The van der Waals surface area contributed by atoms with Crippen LogP contribution in [0.5, 0.6) is 0 Å². The van der Waals surface area contributed by atoms with Crippen molar-refractivity contribution in [2.75, 3.05) is 0 Å². The third-order valence-corrected chi connectivity index (χ3v) is 3.44. The van der Waals surface area contributed by atoms with Gasteiger partial charge in [-0.1, -0.05) is 18.2 Å². The quantitative estimate of drug-likeness (QED) is 0.915. The Hall–Kier alpha value is -1.96. The maximum absolute atomic E-state index is 13.6. The number of nitrogens with zero attached hydrogens (tertiary/aromatic N) is 3. The summed E-state index contributed by atoms with van der Waals surface area (Å²) in [7, 11) is 0. The topological polar surface area (TPSA) is 77.1 Å². The molecule has 1 aromatic heterocycles. The number of carboxylic acid groups (broad SMARTS) is 1. The summed E-state index contributed by atoms with van der Waals surface area (Å²) >= 11 is 3.08. The summed E-state index contributed by atoms with van der Waals surface area (Å²) in [6.07, 6.45) is 0. The lowest BCUT2D eigenvalue weighted by Gasteiger charge is -2.05. The molecule has 1 atom stereocenters. The molecule has 106 valence electrons. The van der Waals surface area contributed by atoms with Crippen LogP contribution < -0.4 is 5.69 Å². The number of hydrogen-bond donors (Lipinski definition) is 1. The van der Waals surface area contributed by atoms with Crippen molar-refractivity contribution < 1.29 is 14.3 Å². The Morgan fingerprint density at radius 2 is 2.15 bits per heavy atom. The van der Waals surface area contributed by atoms with Gasteiger partial charge in [0.2, 0.25) is 4.73 Å². The third-order valence-electron chi connectivity index (χ3n) is 2.85. The first-order chi connectivity index (χ1) is 9.41. The highest BCUT2D eigenvalue weighted by Gasteiger charge is 2.21. The molecule has 0 fully saturated rings. The van der Waals surface area contributed by atoms with Gasteiger partial charge in [0.1, 0.15) is 5.82 Å². The smallest absolute Gasteiger partial charge is 0.347 e. The molecule has 1 aromatic carbocycles. The van der Waals surface area contributed by atoms with E-state index in [1.807, 2.05) is 0 Å². The molecule has 0 radical (unpaired) electrons. The van der Waals surface area contributed by atoms with Gasteiger partial charge in [-0.2, -0.15) is 4.68 Å². The molecule has 0 saturated heterocycles. The highest BCUT2D eigenvalue weighted by atomic mass is 79.9. The second-order valence-electron chi connectivity index (χ2n) is 4.19. The Balaban J connectivity index is 2.42. The van der Waals surface area contributed by atoms with E-state index in [9.17, 15) is 14.0 Å². The summed E-state index contributed by atoms with van der Waals surface area (Å²) < 4.78 is 15.7. The molecule has 2 aromatic rings. The molecular formula is C12H11BrFN3O3. The molecular weight excluding hydrogens is 333 g/mol. The second-order valence-corrected chi connectivity index (χ2v) is 4.90. The Morgan fingerprint density at radius 1 is 1.50 bits per heavy atom. The summed E-state index contributed by atoms with van der Waals surface area (Å²) in [5.41, 5.74) is -0.298. The van der Waals surface area contributed by atoms with Crippen molar-refractivity contribution in [3.05, 3.63) is 50.9 Å². The normalized spacial score (nSPS) is 12.3. The Labute approximate surface area is 121 Å². The van der Waals surface area contributed by atoms with E-state index < -0.39 is 23.5 Å². The van der Waals surface area contributed by atoms with Gasteiger partial charge in [0.15, 0.2) is 6.04 Å². The molecule has 0 aliphatic heterocycles. The van der Waals surface area contributed by atoms with Crippen LogP contribution in [0.25, 0.3) is 0 Å². The van der Waals surface area contributed by atoms with Crippen LogP contribution in [0.3, 0.4) is 0 Å². The van der Waals surface area contributed by atoms with Crippen molar-refractivity contribution in [2.45, 2.75) is 19.5 Å². The Kier molecular flexibility index (Phi) is 4.03. The fraction of sp³-hybridized carbons (Fsp3) is 0.250. The summed E-state index contributed by atoms with van der Waals surface area (Å²) in [6.45, 7) is 1.31. The van der Waals surface area contributed by atoms with Crippen molar-refractivity contribution in [3.63, 3.8) is 0 Å². The van der Waals surface area contributed by atoms with Gasteiger partial charge < -0.3 is 5.11 Å². The molecule has 0 aliphatic rings. The minimum atomic E-state index is -1.17. The van der Waals surface area contributed by atoms with Gasteiger partial charge >= 0.3 is 11.7 Å². The van der Waals surface area contributed by atoms with Crippen LogP contribution in [-0.2, 0) is 11.3 Å². The van der Waals surface area contributed by atoms with Crippen LogP contribution in [0.1, 0.15) is 18.5 Å². The van der Waals surface area contributed by atoms with Gasteiger partial charge in [-0.25, -0.2) is 14.0 Å². The first kappa shape index (κ1) is 14.4. The zero-order chi connectivity index (χ0) is 14.9. The number of rotatable bonds is 4. The third kappa shape index (κ3) is 2.64. The molecule has 1 N–H and O–H groups in total. The maximum Gasteiger partial charge on any atom is 0.347 e. The highest BCUT2D eigenvalue weighted by Crippen LogP contribution is 2.12. The number of halogens is 2. The number of carboxylic acids is 1. The average Bonchev–Trinajstić information content (AvgIpc) is 2.68. The van der Waals surface area contributed by atoms with E-state index in [-0.39, 0.29) is 11.3 Å². The monoisotopic (exact) mass is 343 g/mol. The second kappa shape index (κ2) is 5.58. The maximum atomic E-state index is 13.6. The molecule has 0 amide bonds. The van der Waals surface area contributed by atoms with Gasteiger partial charge in [-0.05, 0) is 28.9 Å². The summed E-state index contributed by atoms with van der Waals surface area (Å²) in [4.78, 5) is 23.0. The molecule has 1 unspecified atom stereocenters. The van der Waals surface area contributed by atoms with Gasteiger partial charge in [-0.15, -0.1) is 5.10 Å². The molecule has 0 aliphatic carbocycles. The molecule has 20 heavy (non-hydrogen) atoms. The SMILES string of the molecule is CC(C(=O)O)n1nc(Br)n(Cc2ccccc2F)c1=O. The zero-order valence-corrected chi connectivity index (χ0v) is 12.0. The Morgan fingerprint density at radius 3 is 2.75 bits per heavy atom. The molecule has 0 spiro atoms. The van der Waals surface area contributed by atoms with Crippen LogP contribution in [0.2, 0.25) is 0 Å². The summed E-state index contributed by atoms with van der Waals surface area (Å²) in [6, 6.07) is 4.94. The van der Waals surface area contributed by atoms with Crippen LogP contribution >= 0.6 is 15.9 Å². The molecule has 6 nitrogen and oxygen atoms in total. The van der Waals surface area contributed by atoms with E-state index in [1.165, 1.54) is 13.0 Å². The van der Waals surface area contributed by atoms with Crippen molar-refractivity contribution in [1.82, 2.24) is 14.3 Å². The first-order valence-corrected chi connectivity index (χ1v) is 6.52. The highest BCUT2D eigenvalue weighted by molar-refractivity contribution is 9.10. The summed E-state index contributed by atoms with van der Waals surface area (Å²) in [5.74, 6) is -1.61. The average molecular weight is 344 g/mol. The van der Waals surface area contributed by atoms with Crippen molar-refractivity contribution >= 4 is 21.9 Å². The van der Waals surface area contributed by atoms with Crippen molar-refractivity contribution in [2.24, 2.45) is 0 Å². The van der Waals surface area contributed by atoms with Crippen LogP contribution in [0.15, 0.2) is 33.8 Å². The van der Waals surface area contributed by atoms with E-state index in [0.717, 1.165) is 9.25 Å². The lowest BCUT2D eigenvalue weighted by atomic mass is 10.2. The van der Waals surface area contributed by atoms with Crippen molar-refractivity contribution in [1.29, 1.82) is 0 Å². The van der Waals surface area contributed by atoms with E-state index in [1.54, 1.807) is 18.2 Å². The fourth-order valence-corrected chi connectivity index (χ4v) is 2.12. The van der Waals surface area contributed by atoms with Crippen molar-refractivity contribution in [3.8, 4) is 0 Å². The minimum Gasteiger partial charge on any atom is -0.480 e. The molecule has 2 rings (SSSR count). The summed E-state index contributed by atoms with van der Waals surface area (Å²) in [5, 5.41) is 12.7. The van der Waals surface area contributed by atoms with Gasteiger partial charge in [0.05, 0.1) is 6.54 Å². The number of carbonyl (C=O) groups is 1. The zero-order valence-electron chi connectivity index (χ0n) is 10.5. The predicted octanol–water partition coefficient (Wildman–Crippen LogP) is 1.64. The van der Waals surface area contributed by atoms with Crippen LogP contribution in [-0.4, -0.2) is 25.4 Å². The fourth-order valence-electron chi connectivity index (χ4n) is 1.67. The largest absolute Gasteiger partial charge is 0.480 e. The van der Waals surface area contributed by atoms with E-state index in [2.05, 4.69) is 21.0 Å². The molecule has 1 heterocycles. The van der Waals surface area contributed by atoms with E-state index in [0.29, 0.717) is 5.56 Å². The number of aliphatic carboxylic acids is 1. The Bertz CT molecular complexity index is 710. The lowest BCUT2D eigenvalue weighted by Crippen LogP contribution is -2.31. The van der Waals surface area contributed by atoms with Gasteiger partial charge in [-0.3, -0.25) is 4.57 Å². The molecule has 8 heteroatoms. The van der Waals surface area contributed by atoms with Gasteiger partial charge in [0, 0.05) is 5.56 Å². The van der Waals surface area contributed by atoms with E-state index >= 15 is 0 Å². The standard InChI is InChI=1S/C12H11BrFN3O3/c1-7(10(18)19)17-12(20)16(11(13)15-17)6-8-4-2-3-5-9(8)14/h2-5,7H,6H2,1H3,(H,18,19). The predicted molar refractivity (Wildman–Crippen MR) is 72.0 cm³/mol. The van der Waals surface area contributed by atoms with E-state index in [4.69, 9.17) is 5.11 Å².